The standard InChI is InChI=1S/C24H13F9S/c1-2-3-13-4-12-9-16(27)20(22(30)23(12)34-13)11-5-14(25)19(15(26)6-11)10-7-17(28)21(18(29)8-10)24(31,32)33/h4-9H,2-3H2,1H3. The lowest BCUT2D eigenvalue weighted by molar-refractivity contribution is -0.142. The molecule has 0 fully saturated rings. The summed E-state index contributed by atoms with van der Waals surface area (Å²) in [6.07, 6.45) is -3.96. The molecule has 34 heavy (non-hydrogen) atoms. The zero-order chi connectivity index (χ0) is 24.9. The van der Waals surface area contributed by atoms with E-state index in [1.165, 1.54) is 0 Å². The summed E-state index contributed by atoms with van der Waals surface area (Å²) in [5, 5.41) is 0.292. The summed E-state index contributed by atoms with van der Waals surface area (Å²) < 4.78 is 126. The number of benzene rings is 3. The quantitative estimate of drug-likeness (QED) is 0.243. The lowest BCUT2D eigenvalue weighted by Gasteiger charge is -2.13. The molecule has 1 heterocycles. The Morgan fingerprint density at radius 2 is 1.18 bits per heavy atom. The normalized spacial score (nSPS) is 12.1. The fourth-order valence-corrected chi connectivity index (χ4v) is 4.96. The van der Waals surface area contributed by atoms with E-state index in [4.69, 9.17) is 0 Å². The Morgan fingerprint density at radius 1 is 0.676 bits per heavy atom. The van der Waals surface area contributed by atoms with E-state index in [0.717, 1.165) is 28.7 Å². The van der Waals surface area contributed by atoms with Crippen molar-refractivity contribution in [2.24, 2.45) is 0 Å². The third kappa shape index (κ3) is 4.15. The first-order valence-corrected chi connectivity index (χ1v) is 10.7. The summed E-state index contributed by atoms with van der Waals surface area (Å²) in [6, 6.07) is 4.05. The van der Waals surface area contributed by atoms with Crippen LogP contribution in [0.3, 0.4) is 0 Å². The van der Waals surface area contributed by atoms with Gasteiger partial charge in [0.05, 0.1) is 15.8 Å². The summed E-state index contributed by atoms with van der Waals surface area (Å²) in [4.78, 5) is 0.798. The molecule has 0 atom stereocenters. The molecule has 0 bridgehead atoms. The van der Waals surface area contributed by atoms with Crippen molar-refractivity contribution >= 4 is 21.4 Å². The van der Waals surface area contributed by atoms with Crippen molar-refractivity contribution in [3.05, 3.63) is 81.7 Å². The van der Waals surface area contributed by atoms with E-state index in [1.807, 2.05) is 6.92 Å². The van der Waals surface area contributed by atoms with Gasteiger partial charge in [-0.05, 0) is 59.3 Å². The first-order valence-electron chi connectivity index (χ1n) is 9.88. The molecule has 0 amide bonds. The molecule has 0 aliphatic carbocycles. The Balaban J connectivity index is 1.85. The van der Waals surface area contributed by atoms with Crippen LogP contribution in [0, 0.1) is 34.9 Å². The number of hydrogen-bond acceptors (Lipinski definition) is 1. The van der Waals surface area contributed by atoms with Crippen molar-refractivity contribution in [2.75, 3.05) is 0 Å². The van der Waals surface area contributed by atoms with Crippen LogP contribution in [0.4, 0.5) is 39.5 Å². The van der Waals surface area contributed by atoms with E-state index < -0.39 is 68.9 Å². The second-order valence-electron chi connectivity index (χ2n) is 7.56. The zero-order valence-electron chi connectivity index (χ0n) is 17.2. The second-order valence-corrected chi connectivity index (χ2v) is 8.69. The summed E-state index contributed by atoms with van der Waals surface area (Å²) in [5.41, 5.74) is -5.31. The lowest BCUT2D eigenvalue weighted by atomic mass is 9.96. The molecule has 0 saturated heterocycles. The van der Waals surface area contributed by atoms with Crippen LogP contribution in [0.1, 0.15) is 23.8 Å². The molecule has 0 aliphatic rings. The van der Waals surface area contributed by atoms with E-state index in [1.54, 1.807) is 6.07 Å². The predicted octanol–water partition coefficient (Wildman–Crippen LogP) is 9.04. The molecular formula is C24H13F9S. The second kappa shape index (κ2) is 8.65. The van der Waals surface area contributed by atoms with Gasteiger partial charge in [0.2, 0.25) is 0 Å². The molecular weight excluding hydrogens is 491 g/mol. The van der Waals surface area contributed by atoms with E-state index in [-0.39, 0.29) is 16.8 Å². The Kier molecular flexibility index (Phi) is 6.14. The van der Waals surface area contributed by atoms with Crippen LogP contribution >= 0.6 is 11.3 Å². The Hall–Kier alpha value is -3.01. The Morgan fingerprint density at radius 3 is 1.71 bits per heavy atom. The maximum absolute atomic E-state index is 15.1. The van der Waals surface area contributed by atoms with Gasteiger partial charge in [0.25, 0.3) is 0 Å². The van der Waals surface area contributed by atoms with Crippen molar-refractivity contribution in [2.45, 2.75) is 25.9 Å². The fourth-order valence-electron chi connectivity index (χ4n) is 3.78. The van der Waals surface area contributed by atoms with Gasteiger partial charge in [-0.15, -0.1) is 11.3 Å². The van der Waals surface area contributed by atoms with Crippen LogP contribution in [0.5, 0.6) is 0 Å². The highest BCUT2D eigenvalue weighted by atomic mass is 32.1. The number of fused-ring (bicyclic) bond motifs is 1. The van der Waals surface area contributed by atoms with Crippen LogP contribution in [0.15, 0.2) is 36.4 Å². The van der Waals surface area contributed by atoms with Gasteiger partial charge in [-0.3, -0.25) is 0 Å². The molecule has 0 N–H and O–H groups in total. The SMILES string of the molecule is CCCc1cc2cc(F)c(-c3cc(F)c(-c4cc(F)c(C(F)(F)F)c(F)c4)c(F)c3)c(F)c2s1. The molecule has 4 rings (SSSR count). The first kappa shape index (κ1) is 24.1. The van der Waals surface area contributed by atoms with Gasteiger partial charge in [-0.1, -0.05) is 13.3 Å². The minimum Gasteiger partial charge on any atom is -0.206 e. The number of halogens is 9. The minimum atomic E-state index is -5.36. The molecule has 0 unspecified atom stereocenters. The summed E-state index contributed by atoms with van der Waals surface area (Å²) in [5.74, 6) is -9.16. The monoisotopic (exact) mass is 504 g/mol. The predicted molar refractivity (Wildman–Crippen MR) is 111 cm³/mol. The number of aryl methyl sites for hydroxylation is 1. The van der Waals surface area contributed by atoms with Gasteiger partial charge in [0.15, 0.2) is 5.82 Å². The molecule has 0 aliphatic heterocycles. The van der Waals surface area contributed by atoms with Gasteiger partial charge in [0, 0.05) is 4.88 Å². The largest absolute Gasteiger partial charge is 0.422 e. The van der Waals surface area contributed by atoms with Gasteiger partial charge >= 0.3 is 6.18 Å². The average Bonchev–Trinajstić information content (AvgIpc) is 3.09. The topological polar surface area (TPSA) is 0 Å². The van der Waals surface area contributed by atoms with E-state index >= 15 is 4.39 Å². The van der Waals surface area contributed by atoms with Gasteiger partial charge in [-0.25, -0.2) is 26.3 Å². The third-order valence-electron chi connectivity index (χ3n) is 5.19. The molecule has 4 aromatic rings. The van der Waals surface area contributed by atoms with Gasteiger partial charge in [-0.2, -0.15) is 13.2 Å². The molecule has 1 aromatic heterocycles. The fraction of sp³-hybridized carbons (Fsp3) is 0.167. The van der Waals surface area contributed by atoms with Crippen LogP contribution in [-0.2, 0) is 12.6 Å². The molecule has 0 saturated carbocycles. The number of rotatable bonds is 4. The minimum absolute atomic E-state index is 0.0941. The Bertz CT molecular complexity index is 1370. The van der Waals surface area contributed by atoms with Crippen LogP contribution in [0.2, 0.25) is 0 Å². The van der Waals surface area contributed by atoms with Gasteiger partial charge in [0.1, 0.15) is 34.6 Å². The van der Waals surface area contributed by atoms with E-state index in [2.05, 4.69) is 0 Å². The van der Waals surface area contributed by atoms with Crippen LogP contribution < -0.4 is 0 Å². The van der Waals surface area contributed by atoms with Crippen molar-refractivity contribution in [1.29, 1.82) is 0 Å². The van der Waals surface area contributed by atoms with Crippen LogP contribution in [-0.4, -0.2) is 0 Å². The smallest absolute Gasteiger partial charge is 0.206 e. The highest BCUT2D eigenvalue weighted by Crippen LogP contribution is 2.40. The van der Waals surface area contributed by atoms with Crippen molar-refractivity contribution in [3.8, 4) is 22.3 Å². The number of hydrogen-bond donors (Lipinski definition) is 0. The van der Waals surface area contributed by atoms with Crippen molar-refractivity contribution in [3.63, 3.8) is 0 Å². The zero-order valence-corrected chi connectivity index (χ0v) is 18.0. The average molecular weight is 504 g/mol. The van der Waals surface area contributed by atoms with Gasteiger partial charge < -0.3 is 0 Å². The summed E-state index contributed by atoms with van der Waals surface area (Å²) in [6.45, 7) is 1.91. The highest BCUT2D eigenvalue weighted by molar-refractivity contribution is 7.19. The number of thiophene rings is 1. The molecule has 178 valence electrons. The third-order valence-corrected chi connectivity index (χ3v) is 6.40. The number of alkyl halides is 3. The molecule has 10 heteroatoms. The molecule has 3 aromatic carbocycles. The van der Waals surface area contributed by atoms with E-state index in [0.29, 0.717) is 23.9 Å². The first-order chi connectivity index (χ1) is 15.9. The van der Waals surface area contributed by atoms with Crippen molar-refractivity contribution in [1.82, 2.24) is 0 Å². The lowest BCUT2D eigenvalue weighted by Crippen LogP contribution is -2.11. The van der Waals surface area contributed by atoms with E-state index in [9.17, 15) is 35.1 Å². The molecule has 0 spiro atoms. The maximum atomic E-state index is 15.1. The Labute approximate surface area is 191 Å². The summed E-state index contributed by atoms with van der Waals surface area (Å²) >= 11 is 1.08. The molecule has 0 nitrogen and oxygen atoms in total. The van der Waals surface area contributed by atoms with Crippen molar-refractivity contribution < 1.29 is 39.5 Å². The highest BCUT2D eigenvalue weighted by Gasteiger charge is 2.38. The van der Waals surface area contributed by atoms with Crippen LogP contribution in [0.25, 0.3) is 32.3 Å². The molecule has 0 radical (unpaired) electrons. The summed E-state index contributed by atoms with van der Waals surface area (Å²) in [7, 11) is 0. The maximum Gasteiger partial charge on any atom is 0.422 e.